The molecule has 0 saturated heterocycles. The fourth-order valence-electron chi connectivity index (χ4n) is 5.03. The summed E-state index contributed by atoms with van der Waals surface area (Å²) >= 11 is 0. The van der Waals surface area contributed by atoms with E-state index in [2.05, 4.69) is 107 Å². The second kappa shape index (κ2) is 11.0. The number of rotatable bonds is 8. The Kier molecular flexibility index (Phi) is 7.83. The smallest absolute Gasteiger partial charge is 0.339 e. The lowest BCUT2D eigenvalue weighted by atomic mass is 9.79. The van der Waals surface area contributed by atoms with Crippen LogP contribution in [-0.4, -0.2) is 16.2 Å². The van der Waals surface area contributed by atoms with Gasteiger partial charge in [-0.25, -0.2) is 4.79 Å². The van der Waals surface area contributed by atoms with E-state index < -0.39 is 5.97 Å². The maximum absolute atomic E-state index is 12.2. The van der Waals surface area contributed by atoms with Gasteiger partial charge in [-0.05, 0) is 61.4 Å². The van der Waals surface area contributed by atoms with Crippen LogP contribution in [0.4, 0.5) is 0 Å². The first-order valence-corrected chi connectivity index (χ1v) is 12.9. The van der Waals surface area contributed by atoms with Crippen molar-refractivity contribution in [3.8, 4) is 5.75 Å². The third-order valence-electron chi connectivity index (χ3n) is 7.56. The van der Waals surface area contributed by atoms with Crippen molar-refractivity contribution in [1.29, 1.82) is 0 Å². The van der Waals surface area contributed by atoms with Crippen molar-refractivity contribution < 1.29 is 15.0 Å². The lowest BCUT2D eigenvalue weighted by molar-refractivity contribution is 0.0693. The van der Waals surface area contributed by atoms with Gasteiger partial charge in [0.05, 0.1) is 0 Å². The normalized spacial score (nSPS) is 13.6. The molecule has 0 aromatic heterocycles. The van der Waals surface area contributed by atoms with Crippen LogP contribution in [0.25, 0.3) is 0 Å². The van der Waals surface area contributed by atoms with Crippen molar-refractivity contribution in [2.45, 2.75) is 58.8 Å². The van der Waals surface area contributed by atoms with Gasteiger partial charge in [0.2, 0.25) is 0 Å². The Morgan fingerprint density at radius 1 is 0.676 bits per heavy atom. The molecule has 3 nitrogen and oxygen atoms in total. The van der Waals surface area contributed by atoms with E-state index in [4.69, 9.17) is 0 Å². The van der Waals surface area contributed by atoms with Gasteiger partial charge in [-0.3, -0.25) is 0 Å². The number of aromatic carboxylic acids is 1. The van der Waals surface area contributed by atoms with Crippen molar-refractivity contribution in [3.63, 3.8) is 0 Å². The molecule has 3 heteroatoms. The van der Waals surface area contributed by atoms with Crippen LogP contribution >= 0.6 is 0 Å². The summed E-state index contributed by atoms with van der Waals surface area (Å²) < 4.78 is 0. The predicted octanol–water partition coefficient (Wildman–Crippen LogP) is 8.49. The van der Waals surface area contributed by atoms with E-state index in [0.717, 1.165) is 28.7 Å². The molecule has 190 valence electrons. The Morgan fingerprint density at radius 3 is 1.62 bits per heavy atom. The maximum Gasteiger partial charge on any atom is 0.339 e. The molecule has 2 N–H and O–H groups in total. The van der Waals surface area contributed by atoms with Gasteiger partial charge < -0.3 is 10.2 Å². The molecule has 4 aromatic rings. The molecule has 0 aliphatic rings. The molecule has 0 radical (unpaired) electrons. The Labute approximate surface area is 220 Å². The van der Waals surface area contributed by atoms with E-state index in [1.165, 1.54) is 16.7 Å². The van der Waals surface area contributed by atoms with E-state index in [9.17, 15) is 15.0 Å². The number of carbonyl (C=O) groups is 1. The maximum atomic E-state index is 12.2. The molecule has 0 heterocycles. The van der Waals surface area contributed by atoms with Crippen molar-refractivity contribution in [1.82, 2.24) is 0 Å². The van der Waals surface area contributed by atoms with Gasteiger partial charge in [0.15, 0.2) is 0 Å². The van der Waals surface area contributed by atoms with Crippen LogP contribution in [0.3, 0.4) is 0 Å². The predicted molar refractivity (Wildman–Crippen MR) is 151 cm³/mol. The Bertz CT molecular complexity index is 1370. The quantitative estimate of drug-likeness (QED) is 0.259. The van der Waals surface area contributed by atoms with Crippen LogP contribution in [0.5, 0.6) is 5.75 Å². The topological polar surface area (TPSA) is 57.5 Å². The summed E-state index contributed by atoms with van der Waals surface area (Å²) in [5, 5.41) is 21.3. The summed E-state index contributed by atoms with van der Waals surface area (Å²) in [5.41, 5.74) is 8.45. The summed E-state index contributed by atoms with van der Waals surface area (Å²) in [6.07, 6.45) is 0.737. The minimum absolute atomic E-state index is 0.0220. The Morgan fingerprint density at radius 2 is 1.14 bits per heavy atom. The number of benzene rings is 4. The lowest BCUT2D eigenvalue weighted by Gasteiger charge is -2.26. The van der Waals surface area contributed by atoms with Crippen LogP contribution in [0.15, 0.2) is 84.9 Å². The molecule has 0 bridgehead atoms. The molecule has 0 aliphatic carbocycles. The molecule has 37 heavy (non-hydrogen) atoms. The summed E-state index contributed by atoms with van der Waals surface area (Å²) in [6, 6.07) is 28.9. The molecule has 4 rings (SSSR count). The average molecular weight is 493 g/mol. The second-order valence-electron chi connectivity index (χ2n) is 10.5. The van der Waals surface area contributed by atoms with Gasteiger partial charge in [-0.1, -0.05) is 109 Å². The molecule has 0 aliphatic heterocycles. The van der Waals surface area contributed by atoms with Crippen molar-refractivity contribution in [2.75, 3.05) is 0 Å². The zero-order chi connectivity index (χ0) is 26.7. The van der Waals surface area contributed by atoms with Gasteiger partial charge in [0.1, 0.15) is 11.3 Å². The van der Waals surface area contributed by atoms with Gasteiger partial charge in [0.25, 0.3) is 0 Å². The van der Waals surface area contributed by atoms with Crippen LogP contribution in [0.2, 0.25) is 0 Å². The minimum atomic E-state index is -1.12. The summed E-state index contributed by atoms with van der Waals surface area (Å²) in [7, 11) is 0. The summed E-state index contributed by atoms with van der Waals surface area (Å²) in [6.45, 7) is 10.5. The molecule has 4 aromatic carbocycles. The summed E-state index contributed by atoms with van der Waals surface area (Å²) in [5.74, 6) is -1.25. The van der Waals surface area contributed by atoms with E-state index >= 15 is 0 Å². The zero-order valence-electron chi connectivity index (χ0n) is 22.3. The SMILES string of the molecule is Cc1ccc(C(C)CC(c2ccc(C)cc2)c2cc(C(C)c3ccc(C)cc3)cc(C(=O)O)c2O)cc1. The molecular formula is C34H36O3. The Hall–Kier alpha value is -3.85. The van der Waals surface area contributed by atoms with Crippen LogP contribution in [-0.2, 0) is 0 Å². The zero-order valence-corrected chi connectivity index (χ0v) is 22.3. The highest BCUT2D eigenvalue weighted by atomic mass is 16.4. The number of aromatic hydroxyl groups is 1. The third-order valence-corrected chi connectivity index (χ3v) is 7.56. The van der Waals surface area contributed by atoms with E-state index in [1.807, 2.05) is 6.07 Å². The summed E-state index contributed by atoms with van der Waals surface area (Å²) in [4.78, 5) is 12.2. The van der Waals surface area contributed by atoms with Gasteiger partial charge in [-0.15, -0.1) is 0 Å². The number of aryl methyl sites for hydroxylation is 3. The van der Waals surface area contributed by atoms with Crippen LogP contribution < -0.4 is 0 Å². The minimum Gasteiger partial charge on any atom is -0.507 e. The Balaban J connectivity index is 1.84. The molecule has 3 atom stereocenters. The molecule has 0 amide bonds. The number of phenols is 1. The highest BCUT2D eigenvalue weighted by Crippen LogP contribution is 2.42. The van der Waals surface area contributed by atoms with E-state index in [1.54, 1.807) is 6.07 Å². The first-order valence-electron chi connectivity index (χ1n) is 12.9. The molecule has 3 unspecified atom stereocenters. The van der Waals surface area contributed by atoms with E-state index in [0.29, 0.717) is 5.56 Å². The highest BCUT2D eigenvalue weighted by Gasteiger charge is 2.26. The molecule has 0 fully saturated rings. The largest absolute Gasteiger partial charge is 0.507 e. The second-order valence-corrected chi connectivity index (χ2v) is 10.5. The average Bonchev–Trinajstić information content (AvgIpc) is 2.88. The molecular weight excluding hydrogens is 456 g/mol. The number of carboxylic acid groups (broad SMARTS) is 1. The van der Waals surface area contributed by atoms with Crippen molar-refractivity contribution in [2.24, 2.45) is 0 Å². The van der Waals surface area contributed by atoms with Crippen molar-refractivity contribution in [3.05, 3.63) is 135 Å². The van der Waals surface area contributed by atoms with Gasteiger partial charge >= 0.3 is 5.97 Å². The molecule has 0 spiro atoms. The first kappa shape index (κ1) is 26.2. The van der Waals surface area contributed by atoms with Crippen LogP contribution in [0.1, 0.15) is 92.9 Å². The van der Waals surface area contributed by atoms with Gasteiger partial charge in [0, 0.05) is 17.4 Å². The standard InChI is InChI=1S/C34H36O3/c1-21-6-12-26(13-7-21)24(4)18-30(28-16-10-23(3)11-17-28)31-19-29(20-32(33(31)35)34(36)37)25(5)27-14-8-22(2)9-15-27/h6-17,19-20,24-25,30,35H,18H2,1-5H3,(H,36,37). The number of hydrogen-bond donors (Lipinski definition) is 2. The lowest BCUT2D eigenvalue weighted by Crippen LogP contribution is -2.11. The molecule has 0 saturated carbocycles. The monoisotopic (exact) mass is 492 g/mol. The highest BCUT2D eigenvalue weighted by molar-refractivity contribution is 5.92. The van der Waals surface area contributed by atoms with Crippen molar-refractivity contribution >= 4 is 5.97 Å². The first-order chi connectivity index (χ1) is 17.6. The fourth-order valence-corrected chi connectivity index (χ4v) is 5.03. The fraction of sp³-hybridized carbons (Fsp3) is 0.265. The number of carboxylic acids is 1. The van der Waals surface area contributed by atoms with Gasteiger partial charge in [-0.2, -0.15) is 0 Å². The third kappa shape index (κ3) is 5.94. The number of hydrogen-bond acceptors (Lipinski definition) is 2. The van der Waals surface area contributed by atoms with Crippen LogP contribution in [0, 0.1) is 20.8 Å². The van der Waals surface area contributed by atoms with E-state index in [-0.39, 0.29) is 29.1 Å².